The van der Waals surface area contributed by atoms with E-state index in [0.717, 1.165) is 12.8 Å². The first-order valence-electron chi connectivity index (χ1n) is 5.74. The number of nitrogens with zero attached hydrogens (tertiary/aromatic N) is 1. The lowest BCUT2D eigenvalue weighted by atomic mass is 9.68. The molecule has 2 rings (SSSR count). The van der Waals surface area contributed by atoms with Gasteiger partial charge in [-0.3, -0.25) is 9.59 Å². The van der Waals surface area contributed by atoms with Gasteiger partial charge >= 0.3 is 5.97 Å². The zero-order valence-corrected chi connectivity index (χ0v) is 9.19. The number of amides is 1. The number of aliphatic hydroxyl groups excluding tert-OH is 1. The molecule has 0 bridgehead atoms. The molecule has 1 aliphatic carbocycles. The van der Waals surface area contributed by atoms with Gasteiger partial charge in [0, 0.05) is 25.6 Å². The third-order valence-corrected chi connectivity index (χ3v) is 3.86. The van der Waals surface area contributed by atoms with Crippen LogP contribution in [0.3, 0.4) is 0 Å². The van der Waals surface area contributed by atoms with Crippen molar-refractivity contribution in [2.24, 2.45) is 11.3 Å². The molecule has 0 radical (unpaired) electrons. The number of carbonyl (C=O) groups excluding carboxylic acids is 1. The van der Waals surface area contributed by atoms with Crippen molar-refractivity contribution in [2.45, 2.75) is 25.7 Å². The van der Waals surface area contributed by atoms with Crippen LogP contribution in [0.2, 0.25) is 0 Å². The van der Waals surface area contributed by atoms with Crippen LogP contribution in [-0.2, 0) is 9.59 Å². The molecular weight excluding hydrogens is 210 g/mol. The molecule has 1 atom stereocenters. The summed E-state index contributed by atoms with van der Waals surface area (Å²) in [6.45, 7) is 1.16. The second-order valence-corrected chi connectivity index (χ2v) is 4.83. The molecule has 0 aromatic carbocycles. The Morgan fingerprint density at radius 3 is 2.44 bits per heavy atom. The van der Waals surface area contributed by atoms with Gasteiger partial charge in [0.2, 0.25) is 5.91 Å². The zero-order chi connectivity index (χ0) is 11.8. The van der Waals surface area contributed by atoms with E-state index in [1.807, 2.05) is 0 Å². The summed E-state index contributed by atoms with van der Waals surface area (Å²) < 4.78 is 0. The minimum atomic E-state index is -1.15. The van der Waals surface area contributed by atoms with Crippen molar-refractivity contribution in [1.29, 1.82) is 0 Å². The van der Waals surface area contributed by atoms with Gasteiger partial charge in [0.15, 0.2) is 0 Å². The lowest BCUT2D eigenvalue weighted by Gasteiger charge is -2.38. The van der Waals surface area contributed by atoms with E-state index in [4.69, 9.17) is 10.2 Å². The summed E-state index contributed by atoms with van der Waals surface area (Å²) in [5.74, 6) is -1.12. The van der Waals surface area contributed by atoms with Gasteiger partial charge < -0.3 is 15.1 Å². The van der Waals surface area contributed by atoms with E-state index < -0.39 is 11.4 Å². The van der Waals surface area contributed by atoms with Crippen molar-refractivity contribution in [3.63, 3.8) is 0 Å². The zero-order valence-electron chi connectivity index (χ0n) is 9.19. The van der Waals surface area contributed by atoms with Crippen molar-refractivity contribution < 1.29 is 19.8 Å². The van der Waals surface area contributed by atoms with Crippen LogP contribution in [0.5, 0.6) is 0 Å². The van der Waals surface area contributed by atoms with Gasteiger partial charge in [0.05, 0.1) is 0 Å². The van der Waals surface area contributed by atoms with Crippen molar-refractivity contribution >= 4 is 11.9 Å². The SMILES string of the molecule is O=C(O)C1(C(=O)N2CCC(CO)C2)CCC1. The van der Waals surface area contributed by atoms with Gasteiger partial charge in [0.25, 0.3) is 0 Å². The molecule has 0 aromatic heterocycles. The largest absolute Gasteiger partial charge is 0.480 e. The van der Waals surface area contributed by atoms with Crippen LogP contribution >= 0.6 is 0 Å². The van der Waals surface area contributed by atoms with Crippen LogP contribution in [0, 0.1) is 11.3 Å². The van der Waals surface area contributed by atoms with Gasteiger partial charge in [-0.15, -0.1) is 0 Å². The lowest BCUT2D eigenvalue weighted by molar-refractivity contribution is -0.167. The molecule has 0 spiro atoms. The van der Waals surface area contributed by atoms with Crippen LogP contribution in [0.25, 0.3) is 0 Å². The predicted octanol–water partition coefficient (Wildman–Crippen LogP) is 0.0821. The molecule has 5 nitrogen and oxygen atoms in total. The molecule has 1 heterocycles. The molecule has 1 saturated carbocycles. The van der Waals surface area contributed by atoms with Crippen molar-refractivity contribution in [3.8, 4) is 0 Å². The van der Waals surface area contributed by atoms with E-state index in [-0.39, 0.29) is 18.4 Å². The van der Waals surface area contributed by atoms with Crippen LogP contribution in [-0.4, -0.2) is 46.7 Å². The lowest BCUT2D eigenvalue weighted by Crippen LogP contribution is -2.52. The molecule has 90 valence electrons. The van der Waals surface area contributed by atoms with E-state index in [0.29, 0.717) is 25.9 Å². The van der Waals surface area contributed by atoms with Crippen LogP contribution in [0.1, 0.15) is 25.7 Å². The van der Waals surface area contributed by atoms with Gasteiger partial charge in [-0.25, -0.2) is 0 Å². The monoisotopic (exact) mass is 227 g/mol. The smallest absolute Gasteiger partial charge is 0.319 e. The highest BCUT2D eigenvalue weighted by Gasteiger charge is 2.53. The maximum atomic E-state index is 12.1. The van der Waals surface area contributed by atoms with E-state index in [2.05, 4.69) is 0 Å². The van der Waals surface area contributed by atoms with Gasteiger partial charge in [0.1, 0.15) is 5.41 Å². The van der Waals surface area contributed by atoms with E-state index >= 15 is 0 Å². The number of carbonyl (C=O) groups is 2. The standard InChI is InChI=1S/C11H17NO4/c13-7-8-2-5-12(6-8)9(14)11(10(15)16)3-1-4-11/h8,13H,1-7H2,(H,15,16). The Morgan fingerprint density at radius 2 is 2.06 bits per heavy atom. The van der Waals surface area contributed by atoms with Crippen LogP contribution in [0.15, 0.2) is 0 Å². The highest BCUT2D eigenvalue weighted by atomic mass is 16.4. The average molecular weight is 227 g/mol. The Kier molecular flexibility index (Phi) is 2.88. The second-order valence-electron chi connectivity index (χ2n) is 4.83. The van der Waals surface area contributed by atoms with E-state index in [1.54, 1.807) is 4.90 Å². The summed E-state index contributed by atoms with van der Waals surface area (Å²) in [6, 6.07) is 0. The third-order valence-electron chi connectivity index (χ3n) is 3.86. The highest BCUT2D eigenvalue weighted by Crippen LogP contribution is 2.43. The number of hydrogen-bond acceptors (Lipinski definition) is 3. The van der Waals surface area contributed by atoms with Crippen LogP contribution < -0.4 is 0 Å². The molecule has 1 amide bonds. The fourth-order valence-corrected chi connectivity index (χ4v) is 2.52. The maximum Gasteiger partial charge on any atom is 0.319 e. The van der Waals surface area contributed by atoms with E-state index in [9.17, 15) is 9.59 Å². The second kappa shape index (κ2) is 4.05. The first-order valence-corrected chi connectivity index (χ1v) is 5.74. The normalized spacial score (nSPS) is 27.6. The number of carboxylic acid groups (broad SMARTS) is 1. The quantitative estimate of drug-likeness (QED) is 0.669. The third kappa shape index (κ3) is 1.59. The molecule has 16 heavy (non-hydrogen) atoms. The summed E-state index contributed by atoms with van der Waals surface area (Å²) >= 11 is 0. The first-order chi connectivity index (χ1) is 7.60. The fourth-order valence-electron chi connectivity index (χ4n) is 2.52. The Labute approximate surface area is 94.0 Å². The van der Waals surface area contributed by atoms with Gasteiger partial charge in [-0.05, 0) is 19.3 Å². The fraction of sp³-hybridized carbons (Fsp3) is 0.818. The molecule has 1 aliphatic heterocycles. The number of carboxylic acids is 1. The Balaban J connectivity index is 2.05. The van der Waals surface area contributed by atoms with E-state index in [1.165, 1.54) is 0 Å². The molecule has 5 heteroatoms. The number of rotatable bonds is 3. The highest BCUT2D eigenvalue weighted by molar-refractivity contribution is 6.02. The predicted molar refractivity (Wildman–Crippen MR) is 55.7 cm³/mol. The average Bonchev–Trinajstić information content (AvgIpc) is 2.62. The number of likely N-dealkylation sites (tertiary alicyclic amines) is 1. The molecule has 2 fully saturated rings. The molecule has 1 saturated heterocycles. The molecule has 0 aromatic rings. The molecule has 1 unspecified atom stereocenters. The number of aliphatic carboxylic acids is 1. The minimum Gasteiger partial charge on any atom is -0.480 e. The van der Waals surface area contributed by atoms with Crippen molar-refractivity contribution in [3.05, 3.63) is 0 Å². The molecule has 2 aliphatic rings. The molecule has 2 N–H and O–H groups in total. The minimum absolute atomic E-state index is 0.0733. The summed E-state index contributed by atoms with van der Waals surface area (Å²) in [5, 5.41) is 18.1. The Morgan fingerprint density at radius 1 is 1.38 bits per heavy atom. The Hall–Kier alpha value is -1.10. The number of hydrogen-bond donors (Lipinski definition) is 2. The summed E-state index contributed by atoms with van der Waals surface area (Å²) in [5.41, 5.74) is -1.15. The maximum absolute atomic E-state index is 12.1. The number of aliphatic hydroxyl groups is 1. The summed E-state index contributed by atoms with van der Waals surface area (Å²) in [4.78, 5) is 24.9. The topological polar surface area (TPSA) is 77.8 Å². The van der Waals surface area contributed by atoms with Crippen molar-refractivity contribution in [2.75, 3.05) is 19.7 Å². The van der Waals surface area contributed by atoms with Gasteiger partial charge in [-0.2, -0.15) is 0 Å². The molecular formula is C11H17NO4. The van der Waals surface area contributed by atoms with Gasteiger partial charge in [-0.1, -0.05) is 6.42 Å². The summed E-state index contributed by atoms with van der Waals surface area (Å²) in [6.07, 6.45) is 2.51. The summed E-state index contributed by atoms with van der Waals surface area (Å²) in [7, 11) is 0. The van der Waals surface area contributed by atoms with Crippen molar-refractivity contribution in [1.82, 2.24) is 4.90 Å². The Bertz CT molecular complexity index is 311. The van der Waals surface area contributed by atoms with Crippen LogP contribution in [0.4, 0.5) is 0 Å². The first kappa shape index (κ1) is 11.4.